The Bertz CT molecular complexity index is 1380. The quantitative estimate of drug-likeness (QED) is 0.662. The first-order valence-electron chi connectivity index (χ1n) is 10.5. The number of fused-ring (bicyclic) bond motifs is 4. The van der Waals surface area contributed by atoms with Gasteiger partial charge in [-0.15, -0.1) is 0 Å². The van der Waals surface area contributed by atoms with Crippen LogP contribution in [-0.2, 0) is 20.5 Å². The average molecular weight is 413 g/mol. The van der Waals surface area contributed by atoms with E-state index >= 15 is 0 Å². The fourth-order valence-corrected chi connectivity index (χ4v) is 4.91. The van der Waals surface area contributed by atoms with Crippen LogP contribution in [0.15, 0.2) is 63.1 Å². The van der Waals surface area contributed by atoms with Crippen LogP contribution >= 0.6 is 0 Å². The molecule has 0 amide bonds. The van der Waals surface area contributed by atoms with E-state index in [2.05, 4.69) is 19.1 Å². The molecule has 1 aliphatic carbocycles. The maximum absolute atomic E-state index is 13.5. The monoisotopic (exact) mass is 413 g/mol. The van der Waals surface area contributed by atoms with Crippen LogP contribution in [0.5, 0.6) is 0 Å². The minimum atomic E-state index is -0.577. The van der Waals surface area contributed by atoms with E-state index in [1.165, 1.54) is 17.2 Å². The predicted octanol–water partition coefficient (Wildman–Crippen LogP) is 3.12. The molecule has 0 fully saturated rings. The first-order valence-corrected chi connectivity index (χ1v) is 10.5. The fraction of sp³-hybridized carbons (Fsp3) is 0.280. The van der Waals surface area contributed by atoms with Crippen molar-refractivity contribution in [3.8, 4) is 0 Å². The SMILES string of the molecule is CCCc1ccc([C@@H]2c3c(n(C)c(=O)n(C)c3=O)N=C3c4ccccc4C(=O)[C@H]32)cc1. The first-order chi connectivity index (χ1) is 14.9. The van der Waals surface area contributed by atoms with Crippen LogP contribution in [0.1, 0.15) is 51.9 Å². The van der Waals surface area contributed by atoms with Crippen molar-refractivity contribution in [2.45, 2.75) is 25.7 Å². The highest BCUT2D eigenvalue weighted by atomic mass is 16.2. The van der Waals surface area contributed by atoms with Gasteiger partial charge >= 0.3 is 5.69 Å². The van der Waals surface area contributed by atoms with E-state index in [-0.39, 0.29) is 5.78 Å². The number of carbonyl (C=O) groups is 1. The van der Waals surface area contributed by atoms with Gasteiger partial charge in [-0.25, -0.2) is 9.79 Å². The highest BCUT2D eigenvalue weighted by Crippen LogP contribution is 2.46. The van der Waals surface area contributed by atoms with Gasteiger partial charge in [-0.1, -0.05) is 61.9 Å². The Balaban J connectivity index is 1.82. The molecule has 0 radical (unpaired) electrons. The van der Waals surface area contributed by atoms with Crippen molar-refractivity contribution >= 4 is 17.3 Å². The summed E-state index contributed by atoms with van der Waals surface area (Å²) in [5.41, 5.74) is 3.72. The van der Waals surface area contributed by atoms with Crippen LogP contribution in [0, 0.1) is 5.92 Å². The molecular formula is C25H23N3O3. The second-order valence-corrected chi connectivity index (χ2v) is 8.30. The molecule has 1 aromatic heterocycles. The average Bonchev–Trinajstić information content (AvgIpc) is 3.08. The number of aliphatic imine (C=N–C) groups is 1. The Kier molecular flexibility index (Phi) is 4.39. The summed E-state index contributed by atoms with van der Waals surface area (Å²) in [4.78, 5) is 44.1. The molecule has 2 aliphatic rings. The molecule has 0 spiro atoms. The summed E-state index contributed by atoms with van der Waals surface area (Å²) >= 11 is 0. The Labute approximate surface area is 179 Å². The molecule has 0 N–H and O–H groups in total. The van der Waals surface area contributed by atoms with Crippen molar-refractivity contribution in [2.24, 2.45) is 25.0 Å². The van der Waals surface area contributed by atoms with E-state index < -0.39 is 23.1 Å². The van der Waals surface area contributed by atoms with Gasteiger partial charge < -0.3 is 0 Å². The fourth-order valence-electron chi connectivity index (χ4n) is 4.91. The molecule has 6 nitrogen and oxygen atoms in total. The van der Waals surface area contributed by atoms with Crippen LogP contribution in [0.2, 0.25) is 0 Å². The molecule has 156 valence electrons. The van der Waals surface area contributed by atoms with Gasteiger partial charge in [0.25, 0.3) is 5.56 Å². The maximum atomic E-state index is 13.5. The van der Waals surface area contributed by atoms with Crippen molar-refractivity contribution in [1.29, 1.82) is 0 Å². The summed E-state index contributed by atoms with van der Waals surface area (Å²) < 4.78 is 2.51. The normalized spacial score (nSPS) is 18.9. The van der Waals surface area contributed by atoms with E-state index in [9.17, 15) is 14.4 Å². The smallest absolute Gasteiger partial charge is 0.293 e. The standard InChI is InChI=1S/C25H23N3O3/c1-4-7-14-10-12-15(13-11-14)18-19-21(16-8-5-6-9-17(16)22(19)29)26-23-20(18)24(30)28(3)25(31)27(23)2/h5-6,8-13,18-19H,4,7H2,1-3H3/t18-,19-/m0/s1. The Hall–Kier alpha value is -3.54. The summed E-state index contributed by atoms with van der Waals surface area (Å²) in [6.45, 7) is 2.13. The Morgan fingerprint density at radius 3 is 2.23 bits per heavy atom. The van der Waals surface area contributed by atoms with Crippen LogP contribution < -0.4 is 11.2 Å². The molecule has 1 aliphatic heterocycles. The molecule has 2 aromatic carbocycles. The second kappa shape index (κ2) is 7.01. The minimum absolute atomic E-state index is 0.0291. The number of rotatable bonds is 3. The minimum Gasteiger partial charge on any atom is -0.293 e. The van der Waals surface area contributed by atoms with Crippen molar-refractivity contribution in [3.63, 3.8) is 0 Å². The lowest BCUT2D eigenvalue weighted by Gasteiger charge is -2.30. The first kappa shape index (κ1) is 19.4. The third-order valence-electron chi connectivity index (χ3n) is 6.46. The lowest BCUT2D eigenvalue weighted by Crippen LogP contribution is -2.43. The van der Waals surface area contributed by atoms with Crippen molar-refractivity contribution < 1.29 is 4.79 Å². The summed E-state index contributed by atoms with van der Waals surface area (Å²) in [6, 6.07) is 15.5. The summed E-state index contributed by atoms with van der Waals surface area (Å²) in [5.74, 6) is -0.763. The molecule has 2 atom stereocenters. The molecule has 2 heterocycles. The number of nitrogens with zero attached hydrogens (tertiary/aromatic N) is 3. The summed E-state index contributed by atoms with van der Waals surface area (Å²) in [7, 11) is 3.09. The number of carbonyl (C=O) groups excluding carboxylic acids is 1. The number of aromatic nitrogens is 2. The molecule has 0 unspecified atom stereocenters. The third-order valence-corrected chi connectivity index (χ3v) is 6.46. The molecule has 0 bridgehead atoms. The van der Waals surface area contributed by atoms with Gasteiger partial charge in [0.2, 0.25) is 0 Å². The number of hydrogen-bond donors (Lipinski definition) is 0. The number of hydrogen-bond acceptors (Lipinski definition) is 4. The van der Waals surface area contributed by atoms with Gasteiger partial charge in [-0.05, 0) is 17.5 Å². The molecule has 31 heavy (non-hydrogen) atoms. The number of aryl methyl sites for hydroxylation is 1. The highest BCUT2D eigenvalue weighted by molar-refractivity contribution is 6.30. The van der Waals surface area contributed by atoms with Gasteiger partial charge in [0, 0.05) is 31.1 Å². The lowest BCUT2D eigenvalue weighted by atomic mass is 9.76. The van der Waals surface area contributed by atoms with E-state index in [1.54, 1.807) is 7.05 Å². The maximum Gasteiger partial charge on any atom is 0.332 e. The highest BCUT2D eigenvalue weighted by Gasteiger charge is 2.47. The predicted molar refractivity (Wildman–Crippen MR) is 120 cm³/mol. The summed E-state index contributed by atoms with van der Waals surface area (Å²) in [6.07, 6.45) is 2.01. The molecular weight excluding hydrogens is 390 g/mol. The van der Waals surface area contributed by atoms with E-state index in [0.29, 0.717) is 22.7 Å². The topological polar surface area (TPSA) is 73.4 Å². The lowest BCUT2D eigenvalue weighted by molar-refractivity contribution is 0.0953. The molecule has 5 rings (SSSR count). The zero-order valence-electron chi connectivity index (χ0n) is 17.8. The third kappa shape index (κ3) is 2.71. The van der Waals surface area contributed by atoms with E-state index in [1.807, 2.05) is 36.4 Å². The van der Waals surface area contributed by atoms with Crippen molar-refractivity contribution in [3.05, 3.63) is 97.2 Å². The number of ketones is 1. The van der Waals surface area contributed by atoms with Gasteiger partial charge in [0.1, 0.15) is 5.82 Å². The van der Waals surface area contributed by atoms with Gasteiger partial charge in [0.15, 0.2) is 5.78 Å². The zero-order valence-corrected chi connectivity index (χ0v) is 17.8. The molecule has 0 saturated heterocycles. The van der Waals surface area contributed by atoms with Crippen LogP contribution in [-0.4, -0.2) is 20.6 Å². The van der Waals surface area contributed by atoms with Crippen LogP contribution in [0.4, 0.5) is 5.82 Å². The molecule has 0 saturated carbocycles. The van der Waals surface area contributed by atoms with E-state index in [4.69, 9.17) is 4.99 Å². The van der Waals surface area contributed by atoms with Gasteiger partial charge in [-0.3, -0.25) is 18.7 Å². The Morgan fingerprint density at radius 1 is 0.871 bits per heavy atom. The van der Waals surface area contributed by atoms with Crippen molar-refractivity contribution in [2.75, 3.05) is 0 Å². The van der Waals surface area contributed by atoms with Crippen LogP contribution in [0.25, 0.3) is 0 Å². The Morgan fingerprint density at radius 2 is 1.55 bits per heavy atom. The van der Waals surface area contributed by atoms with Gasteiger partial charge in [-0.2, -0.15) is 0 Å². The van der Waals surface area contributed by atoms with Crippen LogP contribution in [0.3, 0.4) is 0 Å². The van der Waals surface area contributed by atoms with Gasteiger partial charge in [0.05, 0.1) is 17.2 Å². The zero-order chi connectivity index (χ0) is 21.9. The summed E-state index contributed by atoms with van der Waals surface area (Å²) in [5, 5.41) is 0. The second-order valence-electron chi connectivity index (χ2n) is 8.30. The van der Waals surface area contributed by atoms with E-state index in [0.717, 1.165) is 28.5 Å². The number of Topliss-reactive ketones (excluding diaryl/α,β-unsaturated/α-hetero) is 1. The largest absolute Gasteiger partial charge is 0.332 e. The molecule has 3 aromatic rings. The molecule has 6 heteroatoms. The van der Waals surface area contributed by atoms with Crippen molar-refractivity contribution in [1.82, 2.24) is 9.13 Å². The number of benzene rings is 2.